The number of amides is 1. The molecule has 2 aromatic rings. The fourth-order valence-corrected chi connectivity index (χ4v) is 2.85. The second kappa shape index (κ2) is 8.71. The lowest BCUT2D eigenvalue weighted by molar-refractivity contribution is -0.113. The van der Waals surface area contributed by atoms with Gasteiger partial charge in [-0.3, -0.25) is 4.79 Å². The molecular weight excluding hydrogens is 318 g/mol. The predicted octanol–water partition coefficient (Wildman–Crippen LogP) is 4.61. The Morgan fingerprint density at radius 1 is 1.18 bits per heavy atom. The van der Waals surface area contributed by atoms with E-state index in [2.05, 4.69) is 5.32 Å². The van der Waals surface area contributed by atoms with Crippen LogP contribution in [0.1, 0.15) is 12.5 Å². The van der Waals surface area contributed by atoms with E-state index in [0.29, 0.717) is 17.4 Å². The van der Waals surface area contributed by atoms with Crippen LogP contribution in [0.15, 0.2) is 48.5 Å². The Labute approximate surface area is 140 Å². The number of carbonyl (C=O) groups excluding carboxylic acids is 1. The van der Waals surface area contributed by atoms with Crippen molar-refractivity contribution in [1.29, 1.82) is 0 Å². The van der Waals surface area contributed by atoms with Gasteiger partial charge in [-0.1, -0.05) is 29.8 Å². The normalized spacial score (nSPS) is 10.3. The fourth-order valence-electron chi connectivity index (χ4n) is 1.90. The number of rotatable bonds is 7. The van der Waals surface area contributed by atoms with E-state index in [0.717, 1.165) is 22.8 Å². The number of anilines is 1. The summed E-state index contributed by atoms with van der Waals surface area (Å²) in [6.45, 7) is 2.60. The van der Waals surface area contributed by atoms with Crippen LogP contribution >= 0.6 is 23.4 Å². The SMILES string of the molecule is CCOc1ccccc1CSCC(=O)Nc1ccc(Cl)cc1. The van der Waals surface area contributed by atoms with Crippen molar-refractivity contribution < 1.29 is 9.53 Å². The Morgan fingerprint density at radius 3 is 2.64 bits per heavy atom. The Bertz CT molecular complexity index is 616. The fraction of sp³-hybridized carbons (Fsp3) is 0.235. The van der Waals surface area contributed by atoms with Crippen molar-refractivity contribution in [2.75, 3.05) is 17.7 Å². The molecule has 3 nitrogen and oxygen atoms in total. The molecule has 0 bridgehead atoms. The molecule has 0 aliphatic carbocycles. The zero-order valence-electron chi connectivity index (χ0n) is 12.3. The standard InChI is InChI=1S/C17H18ClNO2S/c1-2-21-16-6-4-3-5-13(16)11-22-12-17(20)19-15-9-7-14(18)8-10-15/h3-10H,2,11-12H2,1H3,(H,19,20). The summed E-state index contributed by atoms with van der Waals surface area (Å²) in [6.07, 6.45) is 0. The number of ether oxygens (including phenoxy) is 1. The van der Waals surface area contributed by atoms with Gasteiger partial charge in [0.2, 0.25) is 5.91 Å². The summed E-state index contributed by atoms with van der Waals surface area (Å²) in [5.41, 5.74) is 1.86. The van der Waals surface area contributed by atoms with E-state index in [1.807, 2.05) is 31.2 Å². The molecule has 0 unspecified atom stereocenters. The first-order chi connectivity index (χ1) is 10.7. The summed E-state index contributed by atoms with van der Waals surface area (Å²) in [6, 6.07) is 15.0. The Hall–Kier alpha value is -1.65. The van der Waals surface area contributed by atoms with Crippen LogP contribution < -0.4 is 10.1 Å². The van der Waals surface area contributed by atoms with Gasteiger partial charge in [0.15, 0.2) is 0 Å². The third-order valence-electron chi connectivity index (χ3n) is 2.89. The summed E-state index contributed by atoms with van der Waals surface area (Å²) in [5.74, 6) is 1.99. The van der Waals surface area contributed by atoms with Gasteiger partial charge in [0.1, 0.15) is 5.75 Å². The maximum absolute atomic E-state index is 11.9. The molecule has 5 heteroatoms. The molecular formula is C17H18ClNO2S. The maximum Gasteiger partial charge on any atom is 0.234 e. The highest BCUT2D eigenvalue weighted by molar-refractivity contribution is 7.99. The van der Waals surface area contributed by atoms with Crippen LogP contribution in [-0.2, 0) is 10.5 Å². The zero-order valence-corrected chi connectivity index (χ0v) is 13.9. The van der Waals surface area contributed by atoms with Crippen LogP contribution in [0.3, 0.4) is 0 Å². The van der Waals surface area contributed by atoms with Gasteiger partial charge >= 0.3 is 0 Å². The average Bonchev–Trinajstić information content (AvgIpc) is 2.51. The molecule has 0 spiro atoms. The topological polar surface area (TPSA) is 38.3 Å². The summed E-state index contributed by atoms with van der Waals surface area (Å²) >= 11 is 7.37. The number of nitrogens with one attached hydrogen (secondary N) is 1. The van der Waals surface area contributed by atoms with Crippen LogP contribution in [0.5, 0.6) is 5.75 Å². The van der Waals surface area contributed by atoms with Crippen LogP contribution in [0, 0.1) is 0 Å². The molecule has 0 aromatic heterocycles. The van der Waals surface area contributed by atoms with Gasteiger partial charge in [0.05, 0.1) is 12.4 Å². The van der Waals surface area contributed by atoms with Gasteiger partial charge in [0, 0.05) is 22.0 Å². The second-order valence-corrected chi connectivity index (χ2v) is 6.01. The first-order valence-electron chi connectivity index (χ1n) is 7.03. The molecule has 0 aliphatic heterocycles. The molecule has 1 N–H and O–H groups in total. The minimum absolute atomic E-state index is 0.0267. The first kappa shape index (κ1) is 16.7. The lowest BCUT2D eigenvalue weighted by Gasteiger charge is -2.10. The zero-order chi connectivity index (χ0) is 15.8. The summed E-state index contributed by atoms with van der Waals surface area (Å²) in [4.78, 5) is 11.9. The molecule has 116 valence electrons. The highest BCUT2D eigenvalue weighted by Gasteiger charge is 2.06. The van der Waals surface area contributed by atoms with Crippen molar-refractivity contribution in [3.05, 3.63) is 59.1 Å². The number of halogens is 1. The van der Waals surface area contributed by atoms with Gasteiger partial charge in [-0.2, -0.15) is 0 Å². The smallest absolute Gasteiger partial charge is 0.234 e. The minimum atomic E-state index is -0.0267. The molecule has 22 heavy (non-hydrogen) atoms. The first-order valence-corrected chi connectivity index (χ1v) is 8.56. The lowest BCUT2D eigenvalue weighted by atomic mass is 10.2. The number of thioether (sulfide) groups is 1. The summed E-state index contributed by atoms with van der Waals surface area (Å²) in [5, 5.41) is 3.50. The van der Waals surface area contributed by atoms with Gasteiger partial charge in [-0.05, 0) is 37.3 Å². The van der Waals surface area contributed by atoms with Crippen molar-refractivity contribution >= 4 is 35.0 Å². The largest absolute Gasteiger partial charge is 0.494 e. The molecule has 0 heterocycles. The van der Waals surface area contributed by atoms with E-state index in [-0.39, 0.29) is 5.91 Å². The molecule has 0 atom stereocenters. The third-order valence-corrected chi connectivity index (χ3v) is 4.12. The van der Waals surface area contributed by atoms with Gasteiger partial charge in [0.25, 0.3) is 0 Å². The number of hydrogen-bond acceptors (Lipinski definition) is 3. The third kappa shape index (κ3) is 5.28. The highest BCUT2D eigenvalue weighted by atomic mass is 35.5. The molecule has 2 aromatic carbocycles. The molecule has 1 amide bonds. The number of para-hydroxylation sites is 1. The molecule has 0 saturated carbocycles. The van der Waals surface area contributed by atoms with Crippen LogP contribution in [0.4, 0.5) is 5.69 Å². The van der Waals surface area contributed by atoms with E-state index in [9.17, 15) is 4.79 Å². The summed E-state index contributed by atoms with van der Waals surface area (Å²) in [7, 11) is 0. The van der Waals surface area contributed by atoms with Gasteiger partial charge < -0.3 is 10.1 Å². The van der Waals surface area contributed by atoms with Crippen molar-refractivity contribution in [3.63, 3.8) is 0 Å². The van der Waals surface area contributed by atoms with Gasteiger partial charge in [-0.15, -0.1) is 11.8 Å². The number of hydrogen-bond donors (Lipinski definition) is 1. The van der Waals surface area contributed by atoms with E-state index < -0.39 is 0 Å². The highest BCUT2D eigenvalue weighted by Crippen LogP contribution is 2.23. The maximum atomic E-state index is 11.9. The lowest BCUT2D eigenvalue weighted by Crippen LogP contribution is -2.14. The Morgan fingerprint density at radius 2 is 1.91 bits per heavy atom. The predicted molar refractivity (Wildman–Crippen MR) is 93.9 cm³/mol. The van der Waals surface area contributed by atoms with Crippen molar-refractivity contribution in [3.8, 4) is 5.75 Å². The monoisotopic (exact) mass is 335 g/mol. The number of benzene rings is 2. The Balaban J connectivity index is 1.81. The van der Waals surface area contributed by atoms with E-state index in [1.54, 1.807) is 36.0 Å². The van der Waals surface area contributed by atoms with Gasteiger partial charge in [-0.25, -0.2) is 0 Å². The van der Waals surface area contributed by atoms with Crippen LogP contribution in [0.25, 0.3) is 0 Å². The van der Waals surface area contributed by atoms with Crippen LogP contribution in [-0.4, -0.2) is 18.3 Å². The average molecular weight is 336 g/mol. The quantitative estimate of drug-likeness (QED) is 0.803. The summed E-state index contributed by atoms with van der Waals surface area (Å²) < 4.78 is 5.57. The second-order valence-electron chi connectivity index (χ2n) is 4.59. The van der Waals surface area contributed by atoms with E-state index in [4.69, 9.17) is 16.3 Å². The van der Waals surface area contributed by atoms with Crippen molar-refractivity contribution in [1.82, 2.24) is 0 Å². The van der Waals surface area contributed by atoms with Crippen LogP contribution in [0.2, 0.25) is 5.02 Å². The van der Waals surface area contributed by atoms with E-state index in [1.165, 1.54) is 0 Å². The molecule has 2 rings (SSSR count). The number of carbonyl (C=O) groups is 1. The molecule has 0 aliphatic rings. The van der Waals surface area contributed by atoms with Crippen molar-refractivity contribution in [2.24, 2.45) is 0 Å². The minimum Gasteiger partial charge on any atom is -0.494 e. The molecule has 0 fully saturated rings. The Kier molecular flexibility index (Phi) is 6.62. The van der Waals surface area contributed by atoms with Crippen molar-refractivity contribution in [2.45, 2.75) is 12.7 Å². The molecule has 0 radical (unpaired) electrons. The van der Waals surface area contributed by atoms with E-state index >= 15 is 0 Å². The molecule has 0 saturated heterocycles.